The lowest BCUT2D eigenvalue weighted by atomic mass is 10.1. The first kappa shape index (κ1) is 15.1. The number of thiocarbonyl (C=S) groups is 1. The van der Waals surface area contributed by atoms with E-state index in [0.717, 1.165) is 28.3 Å². The number of piperidine rings is 1. The van der Waals surface area contributed by atoms with E-state index < -0.39 is 0 Å². The fourth-order valence-electron chi connectivity index (χ4n) is 2.26. The number of thioether (sulfide) groups is 1. The van der Waals surface area contributed by atoms with Crippen molar-refractivity contribution in [3.63, 3.8) is 0 Å². The minimum atomic E-state index is 0.118. The van der Waals surface area contributed by atoms with E-state index >= 15 is 0 Å². The predicted octanol–water partition coefficient (Wildman–Crippen LogP) is 2.12. The molecule has 0 bridgehead atoms. The lowest BCUT2D eigenvalue weighted by molar-refractivity contribution is -0.122. The molecule has 0 aliphatic carbocycles. The molecule has 1 aromatic rings. The normalized spacial score (nSPS) is 18.4. The van der Waals surface area contributed by atoms with Crippen LogP contribution < -0.4 is 16.4 Å². The molecule has 20 heavy (non-hydrogen) atoms. The van der Waals surface area contributed by atoms with Gasteiger partial charge in [-0.15, -0.1) is 11.8 Å². The van der Waals surface area contributed by atoms with Gasteiger partial charge < -0.3 is 16.4 Å². The summed E-state index contributed by atoms with van der Waals surface area (Å²) in [5.74, 6) is 1.09. The second kappa shape index (κ2) is 6.95. The third-order valence-electron chi connectivity index (χ3n) is 3.20. The van der Waals surface area contributed by atoms with Gasteiger partial charge in [-0.05, 0) is 24.3 Å². The Hall–Kier alpha value is -1.27. The van der Waals surface area contributed by atoms with E-state index in [1.54, 1.807) is 11.8 Å². The zero-order valence-electron chi connectivity index (χ0n) is 11.4. The maximum absolute atomic E-state index is 11.2. The number of rotatable bonds is 5. The topological polar surface area (TPSA) is 67.2 Å². The molecule has 1 aromatic carbocycles. The van der Waals surface area contributed by atoms with E-state index in [0.29, 0.717) is 18.0 Å². The Bertz CT molecular complexity index is 509. The Kier molecular flexibility index (Phi) is 5.25. The largest absolute Gasteiger partial charge is 0.389 e. The van der Waals surface area contributed by atoms with E-state index in [2.05, 4.69) is 17.6 Å². The van der Waals surface area contributed by atoms with Gasteiger partial charge in [0.2, 0.25) is 5.91 Å². The number of nitrogens with two attached hydrogens (primary N) is 1. The van der Waals surface area contributed by atoms with Crippen LogP contribution in [-0.4, -0.2) is 29.2 Å². The third-order valence-corrected chi connectivity index (χ3v) is 4.34. The lowest BCUT2D eigenvalue weighted by Gasteiger charge is -2.26. The number of amides is 1. The highest BCUT2D eigenvalue weighted by molar-refractivity contribution is 7.99. The summed E-state index contributed by atoms with van der Waals surface area (Å²) in [5.41, 5.74) is 7.75. The fourth-order valence-corrected chi connectivity index (χ4v) is 3.39. The molecule has 1 amide bonds. The zero-order valence-corrected chi connectivity index (χ0v) is 13.1. The highest BCUT2D eigenvalue weighted by Gasteiger charge is 2.20. The molecular weight excluding hydrogens is 290 g/mol. The minimum Gasteiger partial charge on any atom is -0.389 e. The number of benzene rings is 1. The van der Waals surface area contributed by atoms with Crippen LogP contribution in [0.4, 0.5) is 5.69 Å². The number of carbonyl (C=O) groups excluding carboxylic acids is 1. The van der Waals surface area contributed by atoms with Crippen LogP contribution in [0.15, 0.2) is 23.1 Å². The summed E-state index contributed by atoms with van der Waals surface area (Å²) in [6.07, 6.45) is 1.39. The van der Waals surface area contributed by atoms with Gasteiger partial charge in [0.15, 0.2) is 0 Å². The molecule has 4 nitrogen and oxygen atoms in total. The highest BCUT2D eigenvalue weighted by atomic mass is 32.2. The molecule has 0 radical (unpaired) electrons. The molecule has 1 saturated heterocycles. The summed E-state index contributed by atoms with van der Waals surface area (Å²) < 4.78 is 0. The predicted molar refractivity (Wildman–Crippen MR) is 88.4 cm³/mol. The number of hydrogen-bond acceptors (Lipinski definition) is 4. The summed E-state index contributed by atoms with van der Waals surface area (Å²) in [5, 5.41) is 6.32. The van der Waals surface area contributed by atoms with E-state index in [1.807, 2.05) is 18.2 Å². The Labute approximate surface area is 128 Å². The van der Waals surface area contributed by atoms with Crippen LogP contribution in [0, 0.1) is 0 Å². The maximum atomic E-state index is 11.2. The molecule has 0 saturated carbocycles. The first-order valence-corrected chi connectivity index (χ1v) is 8.10. The Morgan fingerprint density at radius 3 is 3.00 bits per heavy atom. The van der Waals surface area contributed by atoms with E-state index in [-0.39, 0.29) is 11.9 Å². The molecule has 0 spiro atoms. The summed E-state index contributed by atoms with van der Waals surface area (Å²) in [7, 11) is 0. The first-order valence-electron chi connectivity index (χ1n) is 6.70. The third kappa shape index (κ3) is 3.64. The second-order valence-electron chi connectivity index (χ2n) is 4.66. The smallest absolute Gasteiger partial charge is 0.220 e. The van der Waals surface area contributed by atoms with E-state index in [9.17, 15) is 4.79 Å². The quantitative estimate of drug-likeness (QED) is 0.574. The summed E-state index contributed by atoms with van der Waals surface area (Å²) in [4.78, 5) is 12.7. The van der Waals surface area contributed by atoms with Crippen molar-refractivity contribution in [2.75, 3.05) is 17.6 Å². The maximum Gasteiger partial charge on any atom is 0.220 e. The van der Waals surface area contributed by atoms with E-state index in [1.165, 1.54) is 0 Å². The average Bonchev–Trinajstić information content (AvgIpc) is 2.41. The molecule has 2 rings (SSSR count). The molecule has 1 atom stereocenters. The van der Waals surface area contributed by atoms with Gasteiger partial charge in [0.25, 0.3) is 0 Å². The second-order valence-corrected chi connectivity index (χ2v) is 6.41. The van der Waals surface area contributed by atoms with Gasteiger partial charge >= 0.3 is 0 Å². The van der Waals surface area contributed by atoms with Gasteiger partial charge in [-0.2, -0.15) is 0 Å². The Morgan fingerprint density at radius 2 is 2.40 bits per heavy atom. The van der Waals surface area contributed by atoms with Crippen LogP contribution in [0.25, 0.3) is 0 Å². The van der Waals surface area contributed by atoms with Crippen LogP contribution in [0.1, 0.15) is 25.3 Å². The number of hydrogen-bond donors (Lipinski definition) is 3. The average molecular weight is 309 g/mol. The number of nitrogens with one attached hydrogen (secondary N) is 2. The van der Waals surface area contributed by atoms with Gasteiger partial charge in [-0.25, -0.2) is 0 Å². The molecule has 4 N–H and O–H groups in total. The molecule has 1 fully saturated rings. The van der Waals surface area contributed by atoms with Crippen molar-refractivity contribution < 1.29 is 4.79 Å². The van der Waals surface area contributed by atoms with Crippen LogP contribution in [0.5, 0.6) is 0 Å². The zero-order chi connectivity index (χ0) is 14.5. The number of carbonyl (C=O) groups is 1. The first-order chi connectivity index (χ1) is 9.61. The standard InChI is InChI=1S/C14H19N3OS2/c1-2-20-11-5-3-4-10(13(11)14(15)19)17-9-6-7-12(18)16-8-9/h3-5,9,17H,2,6-8H2,1H3,(H2,15,19)(H,16,18). The number of anilines is 1. The van der Waals surface area contributed by atoms with Crippen molar-refractivity contribution in [2.24, 2.45) is 5.73 Å². The lowest BCUT2D eigenvalue weighted by Crippen LogP contribution is -2.42. The molecule has 0 aromatic heterocycles. The van der Waals surface area contributed by atoms with Crippen molar-refractivity contribution in [1.29, 1.82) is 0 Å². The van der Waals surface area contributed by atoms with Crippen LogP contribution in [-0.2, 0) is 4.79 Å². The fraction of sp³-hybridized carbons (Fsp3) is 0.429. The Balaban J connectivity index is 2.20. The SMILES string of the molecule is CCSc1cccc(NC2CCC(=O)NC2)c1C(N)=S. The van der Waals surface area contributed by atoms with Gasteiger partial charge in [0.1, 0.15) is 4.99 Å². The monoisotopic (exact) mass is 309 g/mol. The van der Waals surface area contributed by atoms with Crippen molar-refractivity contribution in [3.8, 4) is 0 Å². The molecule has 108 valence electrons. The van der Waals surface area contributed by atoms with Crippen molar-refractivity contribution in [1.82, 2.24) is 5.32 Å². The van der Waals surface area contributed by atoms with Crippen molar-refractivity contribution >= 4 is 40.6 Å². The summed E-state index contributed by atoms with van der Waals surface area (Å²) in [6.45, 7) is 2.74. The molecule has 1 aliphatic heterocycles. The summed E-state index contributed by atoms with van der Waals surface area (Å²) in [6, 6.07) is 6.26. The van der Waals surface area contributed by atoms with Gasteiger partial charge in [0, 0.05) is 35.2 Å². The van der Waals surface area contributed by atoms with Gasteiger partial charge in [0.05, 0.1) is 0 Å². The van der Waals surface area contributed by atoms with Gasteiger partial charge in [-0.1, -0.05) is 25.2 Å². The molecule has 6 heteroatoms. The van der Waals surface area contributed by atoms with Gasteiger partial charge in [-0.3, -0.25) is 4.79 Å². The highest BCUT2D eigenvalue weighted by Crippen LogP contribution is 2.29. The van der Waals surface area contributed by atoms with Crippen LogP contribution in [0.3, 0.4) is 0 Å². The van der Waals surface area contributed by atoms with Crippen molar-refractivity contribution in [2.45, 2.75) is 30.7 Å². The molecule has 1 unspecified atom stereocenters. The minimum absolute atomic E-state index is 0.118. The summed E-state index contributed by atoms with van der Waals surface area (Å²) >= 11 is 6.92. The van der Waals surface area contributed by atoms with Crippen LogP contribution >= 0.6 is 24.0 Å². The van der Waals surface area contributed by atoms with Crippen LogP contribution in [0.2, 0.25) is 0 Å². The van der Waals surface area contributed by atoms with Crippen molar-refractivity contribution in [3.05, 3.63) is 23.8 Å². The molecule has 1 aliphatic rings. The van der Waals surface area contributed by atoms with E-state index in [4.69, 9.17) is 18.0 Å². The Morgan fingerprint density at radius 1 is 1.60 bits per heavy atom. The molecular formula is C14H19N3OS2. The molecule has 1 heterocycles.